The number of carbonyl (C=O) groups excluding carboxylic acids is 1. The predicted octanol–water partition coefficient (Wildman–Crippen LogP) is 3.79. The lowest BCUT2D eigenvalue weighted by Gasteiger charge is -2.25. The van der Waals surface area contributed by atoms with Gasteiger partial charge in [-0.1, -0.05) is 19.1 Å². The van der Waals surface area contributed by atoms with E-state index in [0.717, 1.165) is 17.1 Å². The van der Waals surface area contributed by atoms with Crippen LogP contribution in [0.1, 0.15) is 51.9 Å². The topological polar surface area (TPSA) is 58.1 Å². The third-order valence-electron chi connectivity index (χ3n) is 4.20. The minimum Gasteiger partial charge on any atom is -0.354 e. The zero-order chi connectivity index (χ0) is 19.1. The molecule has 0 aliphatic rings. The van der Waals surface area contributed by atoms with Crippen molar-refractivity contribution in [2.75, 3.05) is 11.4 Å². The van der Waals surface area contributed by atoms with Crippen molar-refractivity contribution < 1.29 is 9.18 Å². The van der Waals surface area contributed by atoms with Crippen LogP contribution in [0.25, 0.3) is 0 Å². The van der Waals surface area contributed by atoms with Crippen LogP contribution in [0.4, 0.5) is 9.52 Å². The molecule has 1 aromatic heterocycles. The number of amides is 1. The van der Waals surface area contributed by atoms with Crippen molar-refractivity contribution in [1.82, 2.24) is 14.7 Å². The second-order valence-electron chi connectivity index (χ2n) is 6.71. The molecule has 0 spiro atoms. The molecule has 1 heterocycles. The van der Waals surface area contributed by atoms with E-state index in [1.54, 1.807) is 12.1 Å². The molecule has 0 aliphatic carbocycles. The molecule has 1 aromatic carbocycles. The molecule has 0 saturated heterocycles. The highest BCUT2D eigenvalue weighted by atomic mass is 32.1. The molecule has 0 saturated carbocycles. The van der Waals surface area contributed by atoms with E-state index in [1.165, 1.54) is 23.7 Å². The Balaban J connectivity index is 1.98. The standard InChI is InChI=1S/C19H27FN4OS/c1-5-14(4)21-18(25)10-11-24(13(2)3)19-22-17(23-26-19)12-15-6-8-16(20)9-7-15/h6-9,13-14H,5,10-12H2,1-4H3,(H,21,25)/t14-/m0/s1. The minimum absolute atomic E-state index is 0.0565. The summed E-state index contributed by atoms with van der Waals surface area (Å²) >= 11 is 1.34. The van der Waals surface area contributed by atoms with Crippen LogP contribution in [0.15, 0.2) is 24.3 Å². The summed E-state index contributed by atoms with van der Waals surface area (Å²) in [7, 11) is 0. The molecule has 26 heavy (non-hydrogen) atoms. The second kappa shape index (κ2) is 9.62. The normalized spacial score (nSPS) is 12.2. The van der Waals surface area contributed by atoms with Gasteiger partial charge in [-0.2, -0.15) is 4.37 Å². The van der Waals surface area contributed by atoms with Crippen molar-refractivity contribution in [2.24, 2.45) is 0 Å². The van der Waals surface area contributed by atoms with E-state index in [1.807, 2.05) is 6.92 Å². The lowest BCUT2D eigenvalue weighted by molar-refractivity contribution is -0.121. The van der Waals surface area contributed by atoms with Gasteiger partial charge in [0.25, 0.3) is 0 Å². The first kappa shape index (κ1) is 20.3. The first-order valence-electron chi connectivity index (χ1n) is 9.02. The van der Waals surface area contributed by atoms with Gasteiger partial charge in [0.05, 0.1) is 0 Å². The number of nitrogens with zero attached hydrogens (tertiary/aromatic N) is 3. The van der Waals surface area contributed by atoms with Gasteiger partial charge in [0.15, 0.2) is 0 Å². The number of benzene rings is 1. The Kier molecular flexibility index (Phi) is 7.50. The van der Waals surface area contributed by atoms with E-state index < -0.39 is 0 Å². The summed E-state index contributed by atoms with van der Waals surface area (Å²) < 4.78 is 17.4. The fourth-order valence-electron chi connectivity index (χ4n) is 2.46. The van der Waals surface area contributed by atoms with E-state index in [0.29, 0.717) is 25.2 Å². The van der Waals surface area contributed by atoms with Gasteiger partial charge in [0, 0.05) is 43.0 Å². The fraction of sp³-hybridized carbons (Fsp3) is 0.526. The summed E-state index contributed by atoms with van der Waals surface area (Å²) in [4.78, 5) is 18.8. The van der Waals surface area contributed by atoms with Crippen LogP contribution in [0, 0.1) is 5.82 Å². The van der Waals surface area contributed by atoms with Crippen LogP contribution in [0.5, 0.6) is 0 Å². The Morgan fingerprint density at radius 2 is 1.96 bits per heavy atom. The molecule has 5 nitrogen and oxygen atoms in total. The van der Waals surface area contributed by atoms with Crippen LogP contribution in [-0.4, -0.2) is 33.9 Å². The lowest BCUT2D eigenvalue weighted by atomic mass is 10.1. The maximum absolute atomic E-state index is 13.0. The largest absolute Gasteiger partial charge is 0.354 e. The zero-order valence-corrected chi connectivity index (χ0v) is 16.6. The van der Waals surface area contributed by atoms with Crippen molar-refractivity contribution in [2.45, 2.75) is 59.0 Å². The summed E-state index contributed by atoms with van der Waals surface area (Å²) in [6, 6.07) is 6.79. The Morgan fingerprint density at radius 1 is 1.27 bits per heavy atom. The highest BCUT2D eigenvalue weighted by Crippen LogP contribution is 2.21. The summed E-state index contributed by atoms with van der Waals surface area (Å²) in [5.74, 6) is 0.523. The Labute approximate surface area is 158 Å². The molecule has 1 N–H and O–H groups in total. The number of aromatic nitrogens is 2. The molecule has 0 unspecified atom stereocenters. The van der Waals surface area contributed by atoms with Gasteiger partial charge >= 0.3 is 0 Å². The molecule has 2 aromatic rings. The second-order valence-corrected chi connectivity index (χ2v) is 7.44. The van der Waals surface area contributed by atoms with E-state index in [2.05, 4.69) is 40.3 Å². The van der Waals surface area contributed by atoms with Gasteiger partial charge in [0.2, 0.25) is 11.0 Å². The van der Waals surface area contributed by atoms with Gasteiger partial charge in [-0.05, 0) is 44.9 Å². The van der Waals surface area contributed by atoms with Crippen LogP contribution in [0.3, 0.4) is 0 Å². The number of carbonyl (C=O) groups is 1. The van der Waals surface area contributed by atoms with Crippen molar-refractivity contribution >= 4 is 22.6 Å². The van der Waals surface area contributed by atoms with Gasteiger partial charge < -0.3 is 10.2 Å². The van der Waals surface area contributed by atoms with Gasteiger partial charge in [0.1, 0.15) is 11.6 Å². The molecular formula is C19H27FN4OS. The maximum atomic E-state index is 13.0. The highest BCUT2D eigenvalue weighted by molar-refractivity contribution is 7.09. The molecule has 0 bridgehead atoms. The number of halogens is 1. The number of nitrogens with one attached hydrogen (secondary N) is 1. The first-order valence-corrected chi connectivity index (χ1v) is 9.79. The molecule has 1 atom stereocenters. The maximum Gasteiger partial charge on any atom is 0.221 e. The van der Waals surface area contributed by atoms with Crippen molar-refractivity contribution in [3.8, 4) is 0 Å². The smallest absolute Gasteiger partial charge is 0.221 e. The summed E-state index contributed by atoms with van der Waals surface area (Å²) in [6.07, 6.45) is 1.91. The molecule has 1 amide bonds. The number of hydrogen-bond donors (Lipinski definition) is 1. The minimum atomic E-state index is -0.248. The fourth-order valence-corrected chi connectivity index (χ4v) is 3.31. The Morgan fingerprint density at radius 3 is 2.58 bits per heavy atom. The molecular weight excluding hydrogens is 351 g/mol. The van der Waals surface area contributed by atoms with E-state index in [9.17, 15) is 9.18 Å². The van der Waals surface area contributed by atoms with Crippen molar-refractivity contribution in [1.29, 1.82) is 0 Å². The molecule has 0 fully saturated rings. The number of rotatable bonds is 9. The third kappa shape index (κ3) is 6.05. The van der Waals surface area contributed by atoms with Crippen molar-refractivity contribution in [3.63, 3.8) is 0 Å². The summed E-state index contributed by atoms with van der Waals surface area (Å²) in [6.45, 7) is 8.81. The quantitative estimate of drug-likeness (QED) is 0.721. The molecule has 142 valence electrons. The molecule has 2 rings (SSSR count). The Bertz CT molecular complexity index is 702. The molecule has 0 radical (unpaired) electrons. The summed E-state index contributed by atoms with van der Waals surface area (Å²) in [5, 5.41) is 3.80. The van der Waals surface area contributed by atoms with E-state index in [-0.39, 0.29) is 23.8 Å². The predicted molar refractivity (Wildman–Crippen MR) is 104 cm³/mol. The number of hydrogen-bond acceptors (Lipinski definition) is 5. The average Bonchev–Trinajstić information content (AvgIpc) is 3.04. The van der Waals surface area contributed by atoms with Gasteiger partial charge in [-0.15, -0.1) is 0 Å². The number of anilines is 1. The first-order chi connectivity index (χ1) is 12.4. The zero-order valence-electron chi connectivity index (χ0n) is 15.8. The van der Waals surface area contributed by atoms with E-state index >= 15 is 0 Å². The SMILES string of the molecule is CC[C@H](C)NC(=O)CCN(c1nc(Cc2ccc(F)cc2)ns1)C(C)C. The molecule has 7 heteroatoms. The van der Waals surface area contributed by atoms with Crippen LogP contribution >= 0.6 is 11.5 Å². The summed E-state index contributed by atoms with van der Waals surface area (Å²) in [5.41, 5.74) is 0.972. The molecule has 0 aliphatic heterocycles. The lowest BCUT2D eigenvalue weighted by Crippen LogP contribution is -2.37. The van der Waals surface area contributed by atoms with Crippen LogP contribution in [0.2, 0.25) is 0 Å². The highest BCUT2D eigenvalue weighted by Gasteiger charge is 2.17. The third-order valence-corrected chi connectivity index (χ3v) is 4.99. The van der Waals surface area contributed by atoms with Gasteiger partial charge in [-0.25, -0.2) is 9.37 Å². The van der Waals surface area contributed by atoms with E-state index in [4.69, 9.17) is 0 Å². The monoisotopic (exact) mass is 378 g/mol. The van der Waals surface area contributed by atoms with Crippen LogP contribution < -0.4 is 10.2 Å². The van der Waals surface area contributed by atoms with Crippen LogP contribution in [-0.2, 0) is 11.2 Å². The average molecular weight is 379 g/mol. The Hall–Kier alpha value is -2.02. The van der Waals surface area contributed by atoms with Crippen molar-refractivity contribution in [3.05, 3.63) is 41.5 Å². The van der Waals surface area contributed by atoms with Gasteiger partial charge in [-0.3, -0.25) is 4.79 Å².